The summed E-state index contributed by atoms with van der Waals surface area (Å²) in [6, 6.07) is 14.0. The van der Waals surface area contributed by atoms with E-state index in [-0.39, 0.29) is 5.91 Å². The highest BCUT2D eigenvalue weighted by Crippen LogP contribution is 2.30. The fraction of sp³-hybridized carbons (Fsp3) is 0.176. The minimum absolute atomic E-state index is 0.0773. The third kappa shape index (κ3) is 3.83. The Kier molecular flexibility index (Phi) is 4.83. The van der Waals surface area contributed by atoms with Crippen LogP contribution in [0.2, 0.25) is 0 Å². The van der Waals surface area contributed by atoms with Crippen molar-refractivity contribution in [3.05, 3.63) is 53.6 Å². The SMILES string of the molecule is Cc1ccc(C)c2sc(NNC(=O)CSc3ccccc3)nc12. The number of amides is 1. The van der Waals surface area contributed by atoms with Crippen LogP contribution in [0.1, 0.15) is 11.1 Å². The standard InChI is InChI=1S/C17H17N3OS2/c1-11-8-9-12(2)16-15(11)18-17(23-16)20-19-14(21)10-22-13-6-4-3-5-7-13/h3-9H,10H2,1-2H3,(H,18,20)(H,19,21). The monoisotopic (exact) mass is 343 g/mol. The van der Waals surface area contributed by atoms with Gasteiger partial charge in [-0.25, -0.2) is 4.98 Å². The lowest BCUT2D eigenvalue weighted by Crippen LogP contribution is -2.30. The molecule has 2 aromatic carbocycles. The van der Waals surface area contributed by atoms with Gasteiger partial charge in [0.15, 0.2) is 0 Å². The van der Waals surface area contributed by atoms with Gasteiger partial charge in [0.25, 0.3) is 0 Å². The Morgan fingerprint density at radius 2 is 1.87 bits per heavy atom. The summed E-state index contributed by atoms with van der Waals surface area (Å²) in [5.41, 5.74) is 8.95. The maximum Gasteiger partial charge on any atom is 0.248 e. The first-order valence-electron chi connectivity index (χ1n) is 7.23. The van der Waals surface area contributed by atoms with E-state index in [1.54, 1.807) is 11.3 Å². The first-order valence-corrected chi connectivity index (χ1v) is 9.03. The zero-order chi connectivity index (χ0) is 16.2. The summed E-state index contributed by atoms with van der Waals surface area (Å²) in [4.78, 5) is 17.5. The number of thiazole rings is 1. The molecule has 23 heavy (non-hydrogen) atoms. The van der Waals surface area contributed by atoms with E-state index < -0.39 is 0 Å². The number of thioether (sulfide) groups is 1. The Hall–Kier alpha value is -2.05. The average molecular weight is 343 g/mol. The maximum absolute atomic E-state index is 11.9. The number of rotatable bonds is 5. The van der Waals surface area contributed by atoms with Gasteiger partial charge in [0.2, 0.25) is 11.0 Å². The Morgan fingerprint density at radius 1 is 1.13 bits per heavy atom. The summed E-state index contributed by atoms with van der Waals surface area (Å²) in [5.74, 6) is 0.284. The molecule has 3 aromatic rings. The molecule has 1 heterocycles. The van der Waals surface area contributed by atoms with Crippen LogP contribution in [-0.4, -0.2) is 16.6 Å². The van der Waals surface area contributed by atoms with Crippen molar-refractivity contribution in [2.24, 2.45) is 0 Å². The van der Waals surface area contributed by atoms with Crippen LogP contribution < -0.4 is 10.9 Å². The van der Waals surface area contributed by atoms with Crippen molar-refractivity contribution < 1.29 is 4.79 Å². The molecule has 0 atom stereocenters. The van der Waals surface area contributed by atoms with Crippen molar-refractivity contribution in [2.75, 3.05) is 11.2 Å². The summed E-state index contributed by atoms with van der Waals surface area (Å²) < 4.78 is 1.15. The summed E-state index contributed by atoms with van der Waals surface area (Å²) in [7, 11) is 0. The largest absolute Gasteiger partial charge is 0.273 e. The first kappa shape index (κ1) is 15.8. The molecule has 0 bridgehead atoms. The van der Waals surface area contributed by atoms with Gasteiger partial charge in [-0.15, -0.1) is 11.8 Å². The fourth-order valence-corrected chi connectivity index (χ4v) is 3.82. The highest BCUT2D eigenvalue weighted by atomic mass is 32.2. The first-order chi connectivity index (χ1) is 11.1. The number of benzene rings is 2. The minimum atomic E-state index is -0.0773. The molecule has 6 heteroatoms. The van der Waals surface area contributed by atoms with E-state index in [4.69, 9.17) is 0 Å². The molecule has 0 aliphatic carbocycles. The van der Waals surface area contributed by atoms with Gasteiger partial charge in [-0.3, -0.25) is 15.6 Å². The predicted octanol–water partition coefficient (Wildman–Crippen LogP) is 4.15. The molecule has 0 spiro atoms. The smallest absolute Gasteiger partial charge is 0.248 e. The molecule has 0 radical (unpaired) electrons. The molecule has 0 saturated heterocycles. The van der Waals surface area contributed by atoms with Crippen molar-refractivity contribution in [3.8, 4) is 0 Å². The third-order valence-corrected chi connectivity index (χ3v) is 5.48. The van der Waals surface area contributed by atoms with Crippen LogP contribution in [0.5, 0.6) is 0 Å². The lowest BCUT2D eigenvalue weighted by atomic mass is 10.1. The van der Waals surface area contributed by atoms with Crippen LogP contribution in [0.4, 0.5) is 5.13 Å². The molecular formula is C17H17N3OS2. The number of hydrogen-bond acceptors (Lipinski definition) is 5. The van der Waals surface area contributed by atoms with Gasteiger partial charge in [0.05, 0.1) is 16.0 Å². The van der Waals surface area contributed by atoms with Crippen molar-refractivity contribution in [1.29, 1.82) is 0 Å². The molecule has 0 unspecified atom stereocenters. The zero-order valence-electron chi connectivity index (χ0n) is 12.9. The van der Waals surface area contributed by atoms with Gasteiger partial charge in [-0.05, 0) is 37.1 Å². The molecule has 1 aromatic heterocycles. The van der Waals surface area contributed by atoms with Gasteiger partial charge in [0, 0.05) is 4.90 Å². The van der Waals surface area contributed by atoms with Crippen LogP contribution in [0.3, 0.4) is 0 Å². The van der Waals surface area contributed by atoms with Gasteiger partial charge < -0.3 is 0 Å². The number of nitrogens with zero attached hydrogens (tertiary/aromatic N) is 1. The summed E-state index contributed by atoms with van der Waals surface area (Å²) >= 11 is 3.06. The number of hydrazine groups is 1. The van der Waals surface area contributed by atoms with Gasteiger partial charge in [0.1, 0.15) is 0 Å². The van der Waals surface area contributed by atoms with E-state index in [1.807, 2.05) is 37.3 Å². The van der Waals surface area contributed by atoms with Gasteiger partial charge in [-0.2, -0.15) is 0 Å². The molecule has 0 aliphatic rings. The second kappa shape index (κ2) is 7.02. The quantitative estimate of drug-likeness (QED) is 0.540. The van der Waals surface area contributed by atoms with E-state index in [0.717, 1.165) is 20.7 Å². The van der Waals surface area contributed by atoms with Crippen molar-refractivity contribution in [2.45, 2.75) is 18.7 Å². The number of aromatic nitrogens is 1. The van der Waals surface area contributed by atoms with Crippen LogP contribution in [0, 0.1) is 13.8 Å². The topological polar surface area (TPSA) is 54.0 Å². The minimum Gasteiger partial charge on any atom is -0.273 e. The van der Waals surface area contributed by atoms with Crippen molar-refractivity contribution in [1.82, 2.24) is 10.4 Å². The van der Waals surface area contributed by atoms with Crippen LogP contribution in [-0.2, 0) is 4.79 Å². The molecule has 4 nitrogen and oxygen atoms in total. The predicted molar refractivity (Wildman–Crippen MR) is 98.0 cm³/mol. The normalized spacial score (nSPS) is 10.7. The summed E-state index contributed by atoms with van der Waals surface area (Å²) in [6.07, 6.45) is 0. The molecule has 0 aliphatic heterocycles. The number of hydrogen-bond donors (Lipinski definition) is 2. The molecule has 3 rings (SSSR count). The van der Waals surface area contributed by atoms with Crippen molar-refractivity contribution in [3.63, 3.8) is 0 Å². The Bertz CT molecular complexity index is 791. The summed E-state index contributed by atoms with van der Waals surface area (Å²) in [5, 5.41) is 0.704. The fourth-order valence-electron chi connectivity index (χ4n) is 2.14. The van der Waals surface area contributed by atoms with Crippen LogP contribution in [0.15, 0.2) is 47.4 Å². The number of fused-ring (bicyclic) bond motifs is 1. The highest BCUT2D eigenvalue weighted by Gasteiger charge is 2.09. The third-order valence-electron chi connectivity index (χ3n) is 3.36. The van der Waals surface area contributed by atoms with Crippen LogP contribution in [0.25, 0.3) is 10.2 Å². The van der Waals surface area contributed by atoms with E-state index in [1.165, 1.54) is 17.3 Å². The maximum atomic E-state index is 11.9. The lowest BCUT2D eigenvalue weighted by molar-refractivity contribution is -0.118. The second-order valence-electron chi connectivity index (χ2n) is 5.17. The summed E-state index contributed by atoms with van der Waals surface area (Å²) in [6.45, 7) is 4.11. The molecule has 118 valence electrons. The number of aryl methyl sites for hydroxylation is 2. The number of anilines is 1. The van der Waals surface area contributed by atoms with E-state index in [2.05, 4.69) is 34.9 Å². The zero-order valence-corrected chi connectivity index (χ0v) is 14.6. The van der Waals surface area contributed by atoms with Crippen molar-refractivity contribution >= 4 is 44.4 Å². The number of carbonyl (C=O) groups excluding carboxylic acids is 1. The average Bonchev–Trinajstić information content (AvgIpc) is 3.01. The molecule has 0 saturated carbocycles. The van der Waals surface area contributed by atoms with E-state index >= 15 is 0 Å². The van der Waals surface area contributed by atoms with Gasteiger partial charge in [-0.1, -0.05) is 41.7 Å². The molecule has 0 fully saturated rings. The molecule has 2 N–H and O–H groups in total. The van der Waals surface area contributed by atoms with E-state index in [0.29, 0.717) is 10.9 Å². The van der Waals surface area contributed by atoms with E-state index in [9.17, 15) is 4.79 Å². The highest BCUT2D eigenvalue weighted by molar-refractivity contribution is 8.00. The second-order valence-corrected chi connectivity index (χ2v) is 7.22. The Balaban J connectivity index is 1.59. The number of nitrogens with one attached hydrogen (secondary N) is 2. The lowest BCUT2D eigenvalue weighted by Gasteiger charge is -2.05. The number of carbonyl (C=O) groups is 1. The molecule has 1 amide bonds. The van der Waals surface area contributed by atoms with Crippen LogP contribution >= 0.6 is 23.1 Å². The molecular weight excluding hydrogens is 326 g/mol. The van der Waals surface area contributed by atoms with Gasteiger partial charge >= 0.3 is 0 Å². The Morgan fingerprint density at radius 3 is 2.61 bits per heavy atom. The Labute approximate surface area is 143 Å².